The minimum Gasteiger partial charge on any atom is -0.487 e. The minimum absolute atomic E-state index is 0.102. The fourth-order valence-corrected chi connectivity index (χ4v) is 3.62. The molecule has 2 aromatic carbocycles. The van der Waals surface area contributed by atoms with Crippen LogP contribution >= 0.6 is 0 Å². The molecule has 0 saturated carbocycles. The molecule has 0 saturated heterocycles. The van der Waals surface area contributed by atoms with Gasteiger partial charge in [0.25, 0.3) is 0 Å². The summed E-state index contributed by atoms with van der Waals surface area (Å²) in [5.41, 5.74) is 3.24. The van der Waals surface area contributed by atoms with Crippen molar-refractivity contribution in [2.45, 2.75) is 39.2 Å². The van der Waals surface area contributed by atoms with E-state index in [0.29, 0.717) is 28.9 Å². The van der Waals surface area contributed by atoms with Crippen LogP contribution in [0.3, 0.4) is 0 Å². The molecule has 2 amide bonds. The number of carbonyl (C=O) groups is 3. The summed E-state index contributed by atoms with van der Waals surface area (Å²) >= 11 is 0. The van der Waals surface area contributed by atoms with Gasteiger partial charge in [-0.25, -0.2) is 4.39 Å². The Bertz CT molecular complexity index is 1030. The number of Topliss-reactive ketones (excluding diaryl/α,β-unsaturated/α-hetero) is 1. The second kappa shape index (κ2) is 9.29. The average Bonchev–Trinajstić information content (AvgIpc) is 3.12. The SMILES string of the molecule is CC(=O)c1ccc(F)c(-c2cc(C)cc3c2O[C@H](CNC(=O)CCC(=O)N(C)C)C3)c1. The Kier molecular flexibility index (Phi) is 6.73. The van der Waals surface area contributed by atoms with Crippen molar-refractivity contribution >= 4 is 17.6 Å². The number of ketones is 1. The summed E-state index contributed by atoms with van der Waals surface area (Å²) in [6.45, 7) is 3.66. The Morgan fingerprint density at radius 2 is 1.87 bits per heavy atom. The Morgan fingerprint density at radius 1 is 1.13 bits per heavy atom. The van der Waals surface area contributed by atoms with E-state index in [0.717, 1.165) is 11.1 Å². The third kappa shape index (κ3) is 5.29. The Morgan fingerprint density at radius 3 is 2.55 bits per heavy atom. The van der Waals surface area contributed by atoms with Crippen LogP contribution in [-0.4, -0.2) is 49.2 Å². The first-order chi connectivity index (χ1) is 14.7. The zero-order valence-electron chi connectivity index (χ0n) is 18.3. The smallest absolute Gasteiger partial charge is 0.222 e. The van der Waals surface area contributed by atoms with E-state index < -0.39 is 5.82 Å². The lowest BCUT2D eigenvalue weighted by Crippen LogP contribution is -2.35. The van der Waals surface area contributed by atoms with Gasteiger partial charge in [0.15, 0.2) is 5.78 Å². The fraction of sp³-hybridized carbons (Fsp3) is 0.375. The van der Waals surface area contributed by atoms with Crippen LogP contribution in [0.4, 0.5) is 4.39 Å². The van der Waals surface area contributed by atoms with Crippen LogP contribution in [0.1, 0.15) is 41.3 Å². The highest BCUT2D eigenvalue weighted by Crippen LogP contribution is 2.41. The van der Waals surface area contributed by atoms with Crippen LogP contribution < -0.4 is 10.1 Å². The molecule has 0 fully saturated rings. The zero-order valence-corrected chi connectivity index (χ0v) is 18.3. The number of hydrogen-bond acceptors (Lipinski definition) is 4. The quantitative estimate of drug-likeness (QED) is 0.690. The van der Waals surface area contributed by atoms with E-state index in [1.807, 2.05) is 19.1 Å². The number of hydrogen-bond donors (Lipinski definition) is 1. The maximum atomic E-state index is 14.6. The molecular weight excluding hydrogens is 399 g/mol. The lowest BCUT2D eigenvalue weighted by molar-refractivity contribution is -0.131. The summed E-state index contributed by atoms with van der Waals surface area (Å²) in [7, 11) is 3.30. The number of aryl methyl sites for hydroxylation is 1. The molecule has 6 nitrogen and oxygen atoms in total. The van der Waals surface area contributed by atoms with Gasteiger partial charge in [0.1, 0.15) is 17.7 Å². The van der Waals surface area contributed by atoms with Gasteiger partial charge in [-0.3, -0.25) is 14.4 Å². The molecule has 3 rings (SSSR count). The summed E-state index contributed by atoms with van der Waals surface area (Å²) in [6, 6.07) is 8.14. The fourth-order valence-electron chi connectivity index (χ4n) is 3.62. The van der Waals surface area contributed by atoms with Crippen molar-refractivity contribution in [3.63, 3.8) is 0 Å². The molecule has 164 valence electrons. The number of carbonyl (C=O) groups excluding carboxylic acids is 3. The maximum Gasteiger partial charge on any atom is 0.222 e. The third-order valence-electron chi connectivity index (χ3n) is 5.30. The molecule has 0 unspecified atom stereocenters. The molecule has 1 N–H and O–H groups in total. The van der Waals surface area contributed by atoms with E-state index in [1.54, 1.807) is 20.2 Å². The van der Waals surface area contributed by atoms with E-state index >= 15 is 0 Å². The summed E-state index contributed by atoms with van der Waals surface area (Å²) < 4.78 is 20.7. The number of halogens is 1. The van der Waals surface area contributed by atoms with Crippen molar-refractivity contribution in [2.75, 3.05) is 20.6 Å². The molecule has 1 aliphatic heterocycles. The zero-order chi connectivity index (χ0) is 22.7. The monoisotopic (exact) mass is 426 g/mol. The van der Waals surface area contributed by atoms with Crippen LogP contribution in [0.2, 0.25) is 0 Å². The molecule has 1 aliphatic rings. The average molecular weight is 426 g/mol. The largest absolute Gasteiger partial charge is 0.487 e. The third-order valence-corrected chi connectivity index (χ3v) is 5.30. The van der Waals surface area contributed by atoms with E-state index in [1.165, 1.54) is 24.0 Å². The van der Waals surface area contributed by atoms with E-state index in [4.69, 9.17) is 4.74 Å². The number of nitrogens with zero attached hydrogens (tertiary/aromatic N) is 1. The molecule has 1 atom stereocenters. The highest BCUT2D eigenvalue weighted by atomic mass is 19.1. The number of benzene rings is 2. The van der Waals surface area contributed by atoms with Gasteiger partial charge < -0.3 is 15.0 Å². The standard InChI is InChI=1S/C24H27FN2O4/c1-14-9-17-11-18(13-26-22(29)7-8-23(30)27(3)4)31-24(17)20(10-14)19-12-16(15(2)28)5-6-21(19)25/h5-6,9-10,12,18H,7-8,11,13H2,1-4H3,(H,26,29)/t18-/m0/s1. The number of nitrogens with one attached hydrogen (secondary N) is 1. The maximum absolute atomic E-state index is 14.6. The van der Waals surface area contributed by atoms with Crippen LogP contribution in [0.25, 0.3) is 11.1 Å². The number of rotatable bonds is 7. The molecule has 0 spiro atoms. The summed E-state index contributed by atoms with van der Waals surface area (Å²) in [6.07, 6.45) is 0.557. The van der Waals surface area contributed by atoms with Crippen molar-refractivity contribution in [1.82, 2.24) is 10.2 Å². The highest BCUT2D eigenvalue weighted by molar-refractivity contribution is 5.95. The Labute approximate surface area is 181 Å². The first-order valence-electron chi connectivity index (χ1n) is 10.2. The van der Waals surface area contributed by atoms with E-state index in [2.05, 4.69) is 5.32 Å². The molecule has 0 aliphatic carbocycles. The molecule has 0 aromatic heterocycles. The van der Waals surface area contributed by atoms with Gasteiger partial charge in [-0.2, -0.15) is 0 Å². The van der Waals surface area contributed by atoms with Crippen LogP contribution in [0, 0.1) is 12.7 Å². The summed E-state index contributed by atoms with van der Waals surface area (Å²) in [5.74, 6) is -0.309. The number of amides is 2. The summed E-state index contributed by atoms with van der Waals surface area (Å²) in [5, 5.41) is 2.81. The van der Waals surface area contributed by atoms with Gasteiger partial charge in [0.2, 0.25) is 11.8 Å². The van der Waals surface area contributed by atoms with Gasteiger partial charge >= 0.3 is 0 Å². The van der Waals surface area contributed by atoms with Gasteiger partial charge in [-0.15, -0.1) is 0 Å². The molecular formula is C24H27FN2O4. The first kappa shape index (κ1) is 22.5. The predicted molar refractivity (Wildman–Crippen MR) is 116 cm³/mol. The molecule has 7 heteroatoms. The second-order valence-corrected chi connectivity index (χ2v) is 8.09. The Hall–Kier alpha value is -3.22. The lowest BCUT2D eigenvalue weighted by atomic mass is 9.95. The summed E-state index contributed by atoms with van der Waals surface area (Å²) in [4.78, 5) is 36.9. The van der Waals surface area contributed by atoms with Crippen molar-refractivity contribution < 1.29 is 23.5 Å². The lowest BCUT2D eigenvalue weighted by Gasteiger charge is -2.15. The molecule has 1 heterocycles. The van der Waals surface area contributed by atoms with Crippen molar-refractivity contribution in [1.29, 1.82) is 0 Å². The second-order valence-electron chi connectivity index (χ2n) is 8.09. The van der Waals surface area contributed by atoms with Gasteiger partial charge in [-0.1, -0.05) is 6.07 Å². The topological polar surface area (TPSA) is 75.7 Å². The predicted octanol–water partition coefficient (Wildman–Crippen LogP) is 3.29. The van der Waals surface area contributed by atoms with Gasteiger partial charge in [0.05, 0.1) is 6.54 Å². The van der Waals surface area contributed by atoms with Gasteiger partial charge in [-0.05, 0) is 49.2 Å². The van der Waals surface area contributed by atoms with Crippen LogP contribution in [-0.2, 0) is 16.0 Å². The normalized spacial score (nSPS) is 14.5. The van der Waals surface area contributed by atoms with Crippen molar-refractivity contribution in [2.24, 2.45) is 0 Å². The Balaban J connectivity index is 1.73. The van der Waals surface area contributed by atoms with Crippen molar-refractivity contribution in [3.8, 4) is 16.9 Å². The highest BCUT2D eigenvalue weighted by Gasteiger charge is 2.28. The first-order valence-corrected chi connectivity index (χ1v) is 10.2. The van der Waals surface area contributed by atoms with Crippen LogP contribution in [0.5, 0.6) is 5.75 Å². The van der Waals surface area contributed by atoms with Crippen molar-refractivity contribution in [3.05, 3.63) is 52.8 Å². The van der Waals surface area contributed by atoms with E-state index in [9.17, 15) is 18.8 Å². The molecule has 2 aromatic rings. The molecule has 0 bridgehead atoms. The van der Waals surface area contributed by atoms with Crippen LogP contribution in [0.15, 0.2) is 30.3 Å². The van der Waals surface area contributed by atoms with Gasteiger partial charge in [0, 0.05) is 50.0 Å². The minimum atomic E-state index is -0.427. The number of fused-ring (bicyclic) bond motifs is 1. The van der Waals surface area contributed by atoms with E-state index in [-0.39, 0.29) is 43.1 Å². The number of ether oxygens (including phenoxy) is 1. The molecule has 0 radical (unpaired) electrons. The molecule has 31 heavy (non-hydrogen) atoms.